The molecule has 3 aromatic rings. The number of rotatable bonds is 10. The van der Waals surface area contributed by atoms with Crippen LogP contribution in [-0.4, -0.2) is 60.2 Å². The number of likely N-dealkylation sites (N-methyl/N-ethyl adjacent to an activating group) is 1. The van der Waals surface area contributed by atoms with Gasteiger partial charge in [-0.1, -0.05) is 48.5 Å². The standard InChI is InChI=1S/C28H34N2O3S/c1-29(28(32)27-11-6-18-34-27)26(20-22-7-3-2-4-8-22)24-12-14-30(15-13-24)21-23-9-5-10-25(19-23)33-17-16-31/h2-11,18-19,24,26,31H,12-17,20-21H2,1H3. The summed E-state index contributed by atoms with van der Waals surface area (Å²) in [7, 11) is 1.97. The highest BCUT2D eigenvalue weighted by molar-refractivity contribution is 7.12. The Hall–Kier alpha value is -2.67. The molecule has 6 heteroatoms. The number of piperidine rings is 1. The molecule has 2 aromatic carbocycles. The van der Waals surface area contributed by atoms with Crippen molar-refractivity contribution in [2.75, 3.05) is 33.4 Å². The lowest BCUT2D eigenvalue weighted by molar-refractivity contribution is 0.0589. The van der Waals surface area contributed by atoms with E-state index in [9.17, 15) is 4.79 Å². The van der Waals surface area contributed by atoms with Gasteiger partial charge in [0.05, 0.1) is 11.5 Å². The summed E-state index contributed by atoms with van der Waals surface area (Å²) in [5.74, 6) is 1.39. The van der Waals surface area contributed by atoms with Gasteiger partial charge in [0.25, 0.3) is 5.91 Å². The van der Waals surface area contributed by atoms with Crippen molar-refractivity contribution in [2.45, 2.75) is 31.8 Å². The van der Waals surface area contributed by atoms with Gasteiger partial charge in [0.1, 0.15) is 12.4 Å². The Morgan fingerprint density at radius 1 is 1.09 bits per heavy atom. The highest BCUT2D eigenvalue weighted by atomic mass is 32.1. The van der Waals surface area contributed by atoms with Gasteiger partial charge in [-0.3, -0.25) is 9.69 Å². The molecular weight excluding hydrogens is 444 g/mol. The molecule has 5 nitrogen and oxygen atoms in total. The summed E-state index contributed by atoms with van der Waals surface area (Å²) in [6.45, 7) is 3.24. The Morgan fingerprint density at radius 3 is 2.56 bits per heavy atom. The topological polar surface area (TPSA) is 53.0 Å². The number of hydrogen-bond donors (Lipinski definition) is 1. The fourth-order valence-corrected chi connectivity index (χ4v) is 5.56. The van der Waals surface area contributed by atoms with E-state index in [2.05, 4.69) is 41.3 Å². The van der Waals surface area contributed by atoms with Crippen LogP contribution in [0.2, 0.25) is 0 Å². The molecule has 0 aliphatic carbocycles. The highest BCUT2D eigenvalue weighted by Gasteiger charge is 2.32. The van der Waals surface area contributed by atoms with E-state index in [4.69, 9.17) is 9.84 Å². The minimum Gasteiger partial charge on any atom is -0.491 e. The van der Waals surface area contributed by atoms with Crippen molar-refractivity contribution in [2.24, 2.45) is 5.92 Å². The number of ether oxygens (including phenoxy) is 1. The second-order valence-electron chi connectivity index (χ2n) is 8.98. The van der Waals surface area contributed by atoms with E-state index in [0.717, 1.165) is 49.5 Å². The van der Waals surface area contributed by atoms with Crippen LogP contribution in [0.4, 0.5) is 0 Å². The van der Waals surface area contributed by atoms with Gasteiger partial charge in [0.2, 0.25) is 0 Å². The summed E-state index contributed by atoms with van der Waals surface area (Å²) in [6, 6.07) is 22.7. The minimum absolute atomic E-state index is 0.0192. The third-order valence-electron chi connectivity index (χ3n) is 6.68. The van der Waals surface area contributed by atoms with E-state index in [1.807, 2.05) is 47.7 Å². The van der Waals surface area contributed by atoms with E-state index in [1.165, 1.54) is 22.5 Å². The second kappa shape index (κ2) is 12.2. The molecule has 1 saturated heterocycles. The molecular formula is C28H34N2O3S. The Balaban J connectivity index is 1.40. The Bertz CT molecular complexity index is 1020. The zero-order valence-corrected chi connectivity index (χ0v) is 20.6. The van der Waals surface area contributed by atoms with E-state index < -0.39 is 0 Å². The molecule has 1 aliphatic heterocycles. The number of carbonyl (C=O) groups excluding carboxylic acids is 1. The average molecular weight is 479 g/mol. The number of nitrogens with zero attached hydrogens (tertiary/aromatic N) is 2. The maximum atomic E-state index is 13.2. The Labute approximate surface area is 206 Å². The van der Waals surface area contributed by atoms with E-state index >= 15 is 0 Å². The molecule has 2 heterocycles. The molecule has 0 bridgehead atoms. The maximum Gasteiger partial charge on any atom is 0.263 e. The van der Waals surface area contributed by atoms with Gasteiger partial charge in [-0.25, -0.2) is 0 Å². The molecule has 34 heavy (non-hydrogen) atoms. The first-order valence-corrected chi connectivity index (χ1v) is 12.9. The lowest BCUT2D eigenvalue weighted by Crippen LogP contribution is -2.47. The number of benzene rings is 2. The molecule has 1 aliphatic rings. The summed E-state index contributed by atoms with van der Waals surface area (Å²) in [4.78, 5) is 18.5. The van der Waals surface area contributed by atoms with Crippen molar-refractivity contribution < 1.29 is 14.6 Å². The van der Waals surface area contributed by atoms with Crippen LogP contribution in [0.15, 0.2) is 72.1 Å². The van der Waals surface area contributed by atoms with Gasteiger partial charge in [-0.05, 0) is 73.0 Å². The quantitative estimate of drug-likeness (QED) is 0.458. The van der Waals surface area contributed by atoms with Crippen LogP contribution in [0.1, 0.15) is 33.6 Å². The minimum atomic E-state index is 0.0192. The van der Waals surface area contributed by atoms with Gasteiger partial charge in [-0.2, -0.15) is 0 Å². The summed E-state index contributed by atoms with van der Waals surface area (Å²) in [5, 5.41) is 11.0. The first kappa shape index (κ1) is 24.5. The van der Waals surface area contributed by atoms with Gasteiger partial charge >= 0.3 is 0 Å². The Kier molecular flexibility index (Phi) is 8.74. The first-order chi connectivity index (χ1) is 16.6. The van der Waals surface area contributed by atoms with Crippen LogP contribution in [0, 0.1) is 5.92 Å². The first-order valence-electron chi connectivity index (χ1n) is 12.0. The van der Waals surface area contributed by atoms with Crippen molar-refractivity contribution >= 4 is 17.2 Å². The molecule has 4 rings (SSSR count). The SMILES string of the molecule is CN(C(=O)c1cccs1)C(Cc1ccccc1)C1CCN(Cc2cccc(OCCO)c2)CC1. The van der Waals surface area contributed by atoms with Crippen molar-refractivity contribution in [3.05, 3.63) is 88.1 Å². The molecule has 1 unspecified atom stereocenters. The lowest BCUT2D eigenvalue weighted by atomic mass is 9.84. The molecule has 0 spiro atoms. The van der Waals surface area contributed by atoms with Crippen molar-refractivity contribution in [3.63, 3.8) is 0 Å². The van der Waals surface area contributed by atoms with Crippen molar-refractivity contribution in [1.29, 1.82) is 0 Å². The molecule has 0 saturated carbocycles. The van der Waals surface area contributed by atoms with Crippen LogP contribution in [0.3, 0.4) is 0 Å². The van der Waals surface area contributed by atoms with Crippen LogP contribution in [0.5, 0.6) is 5.75 Å². The van der Waals surface area contributed by atoms with Gasteiger partial charge in [0, 0.05) is 19.6 Å². The monoisotopic (exact) mass is 478 g/mol. The molecule has 1 atom stereocenters. The highest BCUT2D eigenvalue weighted by Crippen LogP contribution is 2.29. The third-order valence-corrected chi connectivity index (χ3v) is 7.54. The van der Waals surface area contributed by atoms with Gasteiger partial charge < -0.3 is 14.7 Å². The van der Waals surface area contributed by atoms with E-state index in [-0.39, 0.29) is 18.6 Å². The molecule has 0 radical (unpaired) electrons. The van der Waals surface area contributed by atoms with Crippen LogP contribution in [0.25, 0.3) is 0 Å². The number of likely N-dealkylation sites (tertiary alicyclic amines) is 1. The normalized spacial score (nSPS) is 15.7. The molecule has 1 N–H and O–H groups in total. The summed E-state index contributed by atoms with van der Waals surface area (Å²) in [5.41, 5.74) is 2.50. The third kappa shape index (κ3) is 6.47. The van der Waals surface area contributed by atoms with Crippen LogP contribution in [-0.2, 0) is 13.0 Å². The summed E-state index contributed by atoms with van der Waals surface area (Å²) in [6.07, 6.45) is 3.02. The van der Waals surface area contributed by atoms with Crippen molar-refractivity contribution in [3.8, 4) is 5.75 Å². The largest absolute Gasteiger partial charge is 0.491 e. The average Bonchev–Trinajstić information content (AvgIpc) is 3.42. The maximum absolute atomic E-state index is 13.2. The van der Waals surface area contributed by atoms with Crippen molar-refractivity contribution in [1.82, 2.24) is 9.80 Å². The predicted octanol–water partition coefficient (Wildman–Crippen LogP) is 4.71. The fourth-order valence-electron chi connectivity index (χ4n) is 4.85. The zero-order chi connectivity index (χ0) is 23.8. The summed E-state index contributed by atoms with van der Waals surface area (Å²) < 4.78 is 5.56. The predicted molar refractivity (Wildman–Crippen MR) is 137 cm³/mol. The molecule has 1 fully saturated rings. The Morgan fingerprint density at radius 2 is 1.85 bits per heavy atom. The van der Waals surface area contributed by atoms with E-state index in [1.54, 1.807) is 0 Å². The number of hydrogen-bond acceptors (Lipinski definition) is 5. The number of aliphatic hydroxyl groups excluding tert-OH is 1. The molecule has 1 aromatic heterocycles. The number of carbonyl (C=O) groups is 1. The van der Waals surface area contributed by atoms with Gasteiger partial charge in [0.15, 0.2) is 0 Å². The zero-order valence-electron chi connectivity index (χ0n) is 19.8. The van der Waals surface area contributed by atoms with Crippen LogP contribution >= 0.6 is 11.3 Å². The van der Waals surface area contributed by atoms with E-state index in [0.29, 0.717) is 12.5 Å². The fraction of sp³-hybridized carbons (Fsp3) is 0.393. The number of aliphatic hydroxyl groups is 1. The number of amides is 1. The van der Waals surface area contributed by atoms with Crippen LogP contribution < -0.4 is 4.74 Å². The second-order valence-corrected chi connectivity index (χ2v) is 9.93. The smallest absolute Gasteiger partial charge is 0.263 e. The summed E-state index contributed by atoms with van der Waals surface area (Å²) >= 11 is 1.51. The van der Waals surface area contributed by atoms with Gasteiger partial charge in [-0.15, -0.1) is 11.3 Å². The lowest BCUT2D eigenvalue weighted by Gasteiger charge is -2.40. The molecule has 180 valence electrons. The molecule has 1 amide bonds. The number of thiophene rings is 1.